The summed E-state index contributed by atoms with van der Waals surface area (Å²) in [4.78, 5) is 36.3. The molecule has 0 bridgehead atoms. The summed E-state index contributed by atoms with van der Waals surface area (Å²) in [6, 6.07) is 14.2. The monoisotopic (exact) mass is 442 g/mol. The highest BCUT2D eigenvalue weighted by atomic mass is 16.2. The van der Waals surface area contributed by atoms with Crippen molar-refractivity contribution in [3.8, 4) is 0 Å². The van der Waals surface area contributed by atoms with Crippen molar-refractivity contribution >= 4 is 56.4 Å². The highest BCUT2D eigenvalue weighted by Crippen LogP contribution is 2.36. The molecule has 8 nitrogen and oxygen atoms in total. The Bertz CT molecular complexity index is 1350. The van der Waals surface area contributed by atoms with Gasteiger partial charge in [0.15, 0.2) is 0 Å². The Morgan fingerprint density at radius 3 is 1.61 bits per heavy atom. The summed E-state index contributed by atoms with van der Waals surface area (Å²) in [6.07, 6.45) is 0. The summed E-state index contributed by atoms with van der Waals surface area (Å²) in [5.74, 6) is -1.21. The average Bonchev–Trinajstić information content (AvgIpc) is 2.74. The normalized spacial score (nSPS) is 11.6. The number of anilines is 4. The number of hydrogen-bond acceptors (Lipinski definition) is 6. The van der Waals surface area contributed by atoms with Gasteiger partial charge in [0, 0.05) is 44.9 Å². The van der Waals surface area contributed by atoms with E-state index in [-0.39, 0.29) is 0 Å². The molecule has 0 saturated carbocycles. The summed E-state index contributed by atoms with van der Waals surface area (Å²) in [5.41, 5.74) is 21.7. The van der Waals surface area contributed by atoms with Crippen LogP contribution in [0.4, 0.5) is 22.7 Å². The van der Waals surface area contributed by atoms with Crippen LogP contribution in [-0.2, 0) is 9.59 Å². The Labute approximate surface area is 191 Å². The zero-order valence-electron chi connectivity index (χ0n) is 19.0. The molecule has 2 heterocycles. The van der Waals surface area contributed by atoms with E-state index in [1.807, 2.05) is 13.8 Å². The second kappa shape index (κ2) is 7.74. The molecule has 0 aliphatic heterocycles. The number of primary amides is 1. The van der Waals surface area contributed by atoms with Crippen molar-refractivity contribution in [3.63, 3.8) is 0 Å². The van der Waals surface area contributed by atoms with Crippen LogP contribution in [0.25, 0.3) is 21.8 Å². The van der Waals surface area contributed by atoms with Crippen molar-refractivity contribution in [1.29, 1.82) is 0 Å². The Morgan fingerprint density at radius 2 is 1.21 bits per heavy atom. The van der Waals surface area contributed by atoms with Crippen LogP contribution >= 0.6 is 0 Å². The second-order valence-corrected chi connectivity index (χ2v) is 8.74. The molecule has 4 rings (SSSR count). The molecular weight excluding hydrogens is 416 g/mol. The Morgan fingerprint density at radius 1 is 0.788 bits per heavy atom. The number of nitrogens with zero attached hydrogens (tertiary/aromatic N) is 3. The number of carbonyl (C=O) groups excluding carboxylic acids is 2. The fraction of sp³-hybridized carbons (Fsp3) is 0.200. The van der Waals surface area contributed by atoms with E-state index in [0.29, 0.717) is 44.6 Å². The number of benzene rings is 2. The smallest absolute Gasteiger partial charge is 0.246 e. The van der Waals surface area contributed by atoms with Gasteiger partial charge in [-0.1, -0.05) is 0 Å². The minimum Gasteiger partial charge on any atom is -0.398 e. The second-order valence-electron chi connectivity index (χ2n) is 8.74. The third-order valence-electron chi connectivity index (χ3n) is 5.77. The SMILES string of the molecule is Cc1cc(N)c2cc(N(C(=O)C(C)(C)C(N)=O)c3ccc4nc(C)cc(N)c4c3)ccc2n1. The van der Waals surface area contributed by atoms with E-state index in [1.54, 1.807) is 48.5 Å². The highest BCUT2D eigenvalue weighted by Gasteiger charge is 2.39. The molecule has 168 valence electrons. The molecule has 0 aliphatic carbocycles. The van der Waals surface area contributed by atoms with Gasteiger partial charge in [-0.05, 0) is 76.2 Å². The van der Waals surface area contributed by atoms with Crippen LogP contribution in [0.3, 0.4) is 0 Å². The number of carbonyl (C=O) groups is 2. The van der Waals surface area contributed by atoms with Crippen LogP contribution in [0.2, 0.25) is 0 Å². The highest BCUT2D eigenvalue weighted by molar-refractivity contribution is 6.15. The number of rotatable bonds is 4. The van der Waals surface area contributed by atoms with Crippen molar-refractivity contribution in [1.82, 2.24) is 9.97 Å². The van der Waals surface area contributed by atoms with E-state index >= 15 is 0 Å². The van der Waals surface area contributed by atoms with Gasteiger partial charge in [0.05, 0.1) is 11.0 Å². The standard InChI is InChI=1S/C25H26N6O2/c1-13-9-19(26)17-11-15(5-7-21(17)29-13)31(24(33)25(3,4)23(28)32)16-6-8-22-18(12-16)20(27)10-14(2)30-22/h5-12H,1-4H3,(H2,26,29)(H2,27,30)(H2,28,32). The summed E-state index contributed by atoms with van der Waals surface area (Å²) in [7, 11) is 0. The third kappa shape index (κ3) is 3.80. The van der Waals surface area contributed by atoms with Gasteiger partial charge in [0.2, 0.25) is 11.8 Å². The topological polar surface area (TPSA) is 141 Å². The molecule has 8 heteroatoms. The quantitative estimate of drug-likeness (QED) is 0.411. The maximum Gasteiger partial charge on any atom is 0.246 e. The van der Waals surface area contributed by atoms with Crippen LogP contribution in [0.5, 0.6) is 0 Å². The average molecular weight is 443 g/mol. The first kappa shape index (κ1) is 22.0. The van der Waals surface area contributed by atoms with Crippen LogP contribution in [0.15, 0.2) is 48.5 Å². The third-order valence-corrected chi connectivity index (χ3v) is 5.77. The molecule has 0 unspecified atom stereocenters. The molecule has 0 spiro atoms. The lowest BCUT2D eigenvalue weighted by Crippen LogP contribution is -2.46. The van der Waals surface area contributed by atoms with Gasteiger partial charge in [-0.15, -0.1) is 0 Å². The number of pyridine rings is 2. The Hall–Kier alpha value is -4.20. The number of aryl methyl sites for hydroxylation is 2. The Balaban J connectivity index is 1.97. The number of nitrogens with two attached hydrogens (primary N) is 3. The predicted octanol–water partition coefficient (Wildman–Crippen LogP) is 3.74. The summed E-state index contributed by atoms with van der Waals surface area (Å²) in [6.45, 7) is 6.74. The minimum atomic E-state index is -1.46. The van der Waals surface area contributed by atoms with Crippen LogP contribution < -0.4 is 22.1 Å². The molecule has 33 heavy (non-hydrogen) atoms. The molecule has 0 aliphatic rings. The summed E-state index contributed by atoms with van der Waals surface area (Å²) >= 11 is 0. The fourth-order valence-electron chi connectivity index (χ4n) is 3.80. The number of fused-ring (bicyclic) bond motifs is 2. The van der Waals surface area contributed by atoms with Crippen molar-refractivity contribution in [2.45, 2.75) is 27.7 Å². The lowest BCUT2D eigenvalue weighted by atomic mass is 9.90. The van der Waals surface area contributed by atoms with E-state index < -0.39 is 17.2 Å². The first-order valence-electron chi connectivity index (χ1n) is 10.5. The van der Waals surface area contributed by atoms with E-state index in [2.05, 4.69) is 9.97 Å². The molecule has 0 radical (unpaired) electrons. The number of nitrogen functional groups attached to an aromatic ring is 2. The molecule has 6 N–H and O–H groups in total. The van der Waals surface area contributed by atoms with Gasteiger partial charge >= 0.3 is 0 Å². The molecular formula is C25H26N6O2. The van der Waals surface area contributed by atoms with Crippen molar-refractivity contribution in [2.24, 2.45) is 11.1 Å². The number of aromatic nitrogens is 2. The molecule has 0 saturated heterocycles. The van der Waals surface area contributed by atoms with Crippen LogP contribution in [-0.4, -0.2) is 21.8 Å². The largest absolute Gasteiger partial charge is 0.398 e. The molecule has 2 aromatic carbocycles. The first-order valence-corrected chi connectivity index (χ1v) is 10.5. The van der Waals surface area contributed by atoms with Crippen LogP contribution in [0.1, 0.15) is 25.2 Å². The molecule has 0 fully saturated rings. The van der Waals surface area contributed by atoms with E-state index in [0.717, 1.165) is 11.4 Å². The molecule has 0 atom stereocenters. The van der Waals surface area contributed by atoms with Crippen molar-refractivity contribution < 1.29 is 9.59 Å². The molecule has 4 aromatic rings. The Kier molecular flexibility index (Phi) is 5.16. The van der Waals surface area contributed by atoms with Gasteiger partial charge in [-0.25, -0.2) is 0 Å². The zero-order valence-corrected chi connectivity index (χ0v) is 19.0. The van der Waals surface area contributed by atoms with E-state index in [9.17, 15) is 9.59 Å². The number of hydrogen-bond donors (Lipinski definition) is 3. The van der Waals surface area contributed by atoms with E-state index in [4.69, 9.17) is 17.2 Å². The zero-order chi connectivity index (χ0) is 24.1. The lowest BCUT2D eigenvalue weighted by Gasteiger charge is -2.30. The number of amides is 2. The molecule has 2 aromatic heterocycles. The van der Waals surface area contributed by atoms with Gasteiger partial charge in [-0.3, -0.25) is 24.5 Å². The fourth-order valence-corrected chi connectivity index (χ4v) is 3.80. The maximum atomic E-state index is 13.7. The van der Waals surface area contributed by atoms with E-state index in [1.165, 1.54) is 18.7 Å². The maximum absolute atomic E-state index is 13.7. The van der Waals surface area contributed by atoms with Crippen LogP contribution in [0, 0.1) is 19.3 Å². The lowest BCUT2D eigenvalue weighted by molar-refractivity contribution is -0.137. The first-order chi connectivity index (χ1) is 15.5. The summed E-state index contributed by atoms with van der Waals surface area (Å²) in [5, 5.41) is 1.40. The van der Waals surface area contributed by atoms with Crippen molar-refractivity contribution in [3.05, 3.63) is 59.9 Å². The summed E-state index contributed by atoms with van der Waals surface area (Å²) < 4.78 is 0. The predicted molar refractivity (Wildman–Crippen MR) is 132 cm³/mol. The minimum absolute atomic E-state index is 0.481. The van der Waals surface area contributed by atoms with Crippen molar-refractivity contribution in [2.75, 3.05) is 16.4 Å². The van der Waals surface area contributed by atoms with Gasteiger partial charge in [0.1, 0.15) is 5.41 Å². The van der Waals surface area contributed by atoms with Gasteiger partial charge in [-0.2, -0.15) is 0 Å². The van der Waals surface area contributed by atoms with Gasteiger partial charge < -0.3 is 17.2 Å². The van der Waals surface area contributed by atoms with Gasteiger partial charge in [0.25, 0.3) is 0 Å². The molecule has 2 amide bonds.